The standard InChI is InChI=1S/C25H27FN4O7S/c1-14-8-11-21(37-14)24-27-28-25(30(24)22-19(35-3)6-5-7-20(22)36-4)29-38(33,34)15(2)23(32)18-10-9-17(26)12-16(18)13-31/h5-12,15,23,31-32H,13H2,1-4H3,(H,28,29)/t15-,23-/m1/s1. The first-order chi connectivity index (χ1) is 18.1. The number of ether oxygens (including phenoxy) is 2. The largest absolute Gasteiger partial charge is 0.494 e. The second-order valence-corrected chi connectivity index (χ2v) is 10.4. The molecule has 0 saturated carbocycles. The van der Waals surface area contributed by atoms with Crippen LogP contribution in [0.3, 0.4) is 0 Å². The van der Waals surface area contributed by atoms with Crippen molar-refractivity contribution in [2.75, 3.05) is 18.9 Å². The van der Waals surface area contributed by atoms with E-state index in [0.717, 1.165) is 12.1 Å². The highest BCUT2D eigenvalue weighted by atomic mass is 32.2. The third kappa shape index (κ3) is 5.08. The quantitative estimate of drug-likeness (QED) is 0.272. The van der Waals surface area contributed by atoms with Gasteiger partial charge in [0.2, 0.25) is 21.8 Å². The van der Waals surface area contributed by atoms with E-state index in [2.05, 4.69) is 14.9 Å². The minimum Gasteiger partial charge on any atom is -0.494 e. The molecule has 4 aromatic rings. The van der Waals surface area contributed by atoms with E-state index in [4.69, 9.17) is 13.9 Å². The van der Waals surface area contributed by atoms with Crippen molar-refractivity contribution in [1.82, 2.24) is 14.8 Å². The van der Waals surface area contributed by atoms with Crippen molar-refractivity contribution in [2.24, 2.45) is 0 Å². The number of anilines is 1. The number of hydrogen-bond donors (Lipinski definition) is 3. The number of para-hydroxylation sites is 1. The van der Waals surface area contributed by atoms with Crippen molar-refractivity contribution in [3.8, 4) is 28.8 Å². The second-order valence-electron chi connectivity index (χ2n) is 8.40. The Kier molecular flexibility index (Phi) is 7.71. The number of hydrogen-bond acceptors (Lipinski definition) is 9. The number of furan rings is 1. The van der Waals surface area contributed by atoms with E-state index >= 15 is 0 Å². The highest BCUT2D eigenvalue weighted by molar-refractivity contribution is 7.93. The van der Waals surface area contributed by atoms with Gasteiger partial charge in [-0.25, -0.2) is 12.8 Å². The molecule has 4 rings (SSSR count). The van der Waals surface area contributed by atoms with E-state index in [-0.39, 0.29) is 22.9 Å². The molecular formula is C25H27FN4O7S. The van der Waals surface area contributed by atoms with Gasteiger partial charge in [-0.1, -0.05) is 12.1 Å². The molecule has 3 N–H and O–H groups in total. The Bertz CT molecular complexity index is 1530. The third-order valence-electron chi connectivity index (χ3n) is 6.01. The van der Waals surface area contributed by atoms with Gasteiger partial charge in [0, 0.05) is 0 Å². The molecule has 2 aromatic carbocycles. The first kappa shape index (κ1) is 27.1. The molecule has 0 saturated heterocycles. The lowest BCUT2D eigenvalue weighted by molar-refractivity contribution is 0.171. The number of aromatic nitrogens is 3. The van der Waals surface area contributed by atoms with Gasteiger partial charge in [0.05, 0.1) is 26.9 Å². The summed E-state index contributed by atoms with van der Waals surface area (Å²) in [7, 11) is -1.45. The van der Waals surface area contributed by atoms with Crippen LogP contribution in [0.2, 0.25) is 0 Å². The summed E-state index contributed by atoms with van der Waals surface area (Å²) in [5.41, 5.74) is 0.446. The molecule has 0 amide bonds. The van der Waals surface area contributed by atoms with Gasteiger partial charge in [-0.3, -0.25) is 9.29 Å². The summed E-state index contributed by atoms with van der Waals surface area (Å²) in [5, 5.41) is 27.2. The van der Waals surface area contributed by atoms with Crippen LogP contribution in [-0.2, 0) is 16.6 Å². The molecule has 2 heterocycles. The Morgan fingerprint density at radius 2 is 1.79 bits per heavy atom. The van der Waals surface area contributed by atoms with E-state index < -0.39 is 33.8 Å². The van der Waals surface area contributed by atoms with Crippen molar-refractivity contribution in [2.45, 2.75) is 31.8 Å². The fourth-order valence-electron chi connectivity index (χ4n) is 3.97. The molecular weight excluding hydrogens is 519 g/mol. The number of aliphatic hydroxyl groups excluding tert-OH is 2. The number of methoxy groups -OCH3 is 2. The van der Waals surface area contributed by atoms with E-state index in [0.29, 0.717) is 28.7 Å². The first-order valence-corrected chi connectivity index (χ1v) is 13.0. The Hall–Kier alpha value is -3.94. The number of nitrogens with one attached hydrogen (secondary N) is 1. The fraction of sp³-hybridized carbons (Fsp3) is 0.280. The number of benzene rings is 2. The number of sulfonamides is 1. The lowest BCUT2D eigenvalue weighted by Gasteiger charge is -2.23. The molecule has 0 spiro atoms. The number of rotatable bonds is 10. The van der Waals surface area contributed by atoms with Gasteiger partial charge in [0.25, 0.3) is 0 Å². The topological polar surface area (TPSA) is 149 Å². The maximum Gasteiger partial charge on any atom is 0.243 e. The summed E-state index contributed by atoms with van der Waals surface area (Å²) in [6, 6.07) is 11.7. The van der Waals surface area contributed by atoms with Crippen molar-refractivity contribution >= 4 is 16.0 Å². The zero-order valence-electron chi connectivity index (χ0n) is 21.0. The summed E-state index contributed by atoms with van der Waals surface area (Å²) in [5.74, 6) is 0.880. The first-order valence-electron chi connectivity index (χ1n) is 11.4. The summed E-state index contributed by atoms with van der Waals surface area (Å²) in [6.45, 7) is 2.44. The number of aryl methyl sites for hydroxylation is 1. The van der Waals surface area contributed by atoms with Crippen LogP contribution < -0.4 is 14.2 Å². The van der Waals surface area contributed by atoms with Gasteiger partial charge in [-0.05, 0) is 61.4 Å². The van der Waals surface area contributed by atoms with E-state index in [1.807, 2.05) is 0 Å². The minimum absolute atomic E-state index is 0.0666. The van der Waals surface area contributed by atoms with Gasteiger partial charge in [-0.15, -0.1) is 10.2 Å². The Morgan fingerprint density at radius 1 is 1.11 bits per heavy atom. The van der Waals surface area contributed by atoms with Gasteiger partial charge >= 0.3 is 0 Å². The van der Waals surface area contributed by atoms with Crippen molar-refractivity contribution in [3.05, 3.63) is 71.2 Å². The van der Waals surface area contributed by atoms with Gasteiger partial charge in [0.15, 0.2) is 5.76 Å². The number of aliphatic hydroxyl groups is 2. The van der Waals surface area contributed by atoms with Gasteiger partial charge in [-0.2, -0.15) is 0 Å². The smallest absolute Gasteiger partial charge is 0.243 e. The molecule has 2 atom stereocenters. The molecule has 202 valence electrons. The molecule has 0 radical (unpaired) electrons. The van der Waals surface area contributed by atoms with Crippen LogP contribution >= 0.6 is 0 Å². The number of nitrogens with zero attached hydrogens (tertiary/aromatic N) is 3. The van der Waals surface area contributed by atoms with Crippen LogP contribution in [0.4, 0.5) is 10.3 Å². The van der Waals surface area contributed by atoms with Crippen molar-refractivity contribution in [1.29, 1.82) is 0 Å². The summed E-state index contributed by atoms with van der Waals surface area (Å²) < 4.78 is 61.0. The molecule has 0 bridgehead atoms. The molecule has 13 heteroatoms. The minimum atomic E-state index is -4.34. The Morgan fingerprint density at radius 3 is 2.37 bits per heavy atom. The predicted molar refractivity (Wildman–Crippen MR) is 136 cm³/mol. The molecule has 2 aromatic heterocycles. The fourth-order valence-corrected chi connectivity index (χ4v) is 5.03. The summed E-state index contributed by atoms with van der Waals surface area (Å²) in [4.78, 5) is 0. The average Bonchev–Trinajstić information content (AvgIpc) is 3.52. The number of halogens is 1. The zero-order valence-corrected chi connectivity index (χ0v) is 21.9. The highest BCUT2D eigenvalue weighted by Crippen LogP contribution is 2.38. The van der Waals surface area contributed by atoms with E-state index in [1.165, 1.54) is 31.8 Å². The third-order valence-corrected chi connectivity index (χ3v) is 7.71. The predicted octanol–water partition coefficient (Wildman–Crippen LogP) is 3.35. The van der Waals surface area contributed by atoms with Gasteiger partial charge in [0.1, 0.15) is 34.0 Å². The maximum absolute atomic E-state index is 13.6. The van der Waals surface area contributed by atoms with Crippen LogP contribution in [0.25, 0.3) is 17.3 Å². The lowest BCUT2D eigenvalue weighted by atomic mass is 10.0. The van der Waals surface area contributed by atoms with Crippen molar-refractivity contribution < 1.29 is 36.9 Å². The van der Waals surface area contributed by atoms with Crippen LogP contribution in [0, 0.1) is 12.7 Å². The Balaban J connectivity index is 1.81. The van der Waals surface area contributed by atoms with E-state index in [1.54, 1.807) is 37.3 Å². The summed E-state index contributed by atoms with van der Waals surface area (Å²) >= 11 is 0. The molecule has 0 aliphatic carbocycles. The molecule has 0 unspecified atom stereocenters. The molecule has 38 heavy (non-hydrogen) atoms. The Labute approximate surface area is 218 Å². The maximum atomic E-state index is 13.6. The summed E-state index contributed by atoms with van der Waals surface area (Å²) in [6.07, 6.45) is -1.60. The molecule has 0 aliphatic heterocycles. The lowest BCUT2D eigenvalue weighted by Crippen LogP contribution is -2.32. The van der Waals surface area contributed by atoms with E-state index in [9.17, 15) is 23.0 Å². The molecule has 11 nitrogen and oxygen atoms in total. The molecule has 0 fully saturated rings. The second kappa shape index (κ2) is 10.8. The molecule has 0 aliphatic rings. The van der Waals surface area contributed by atoms with Crippen LogP contribution in [0.1, 0.15) is 29.9 Å². The van der Waals surface area contributed by atoms with Crippen molar-refractivity contribution in [3.63, 3.8) is 0 Å². The average molecular weight is 547 g/mol. The highest BCUT2D eigenvalue weighted by Gasteiger charge is 2.33. The monoisotopic (exact) mass is 546 g/mol. The van der Waals surface area contributed by atoms with Crippen LogP contribution in [-0.4, -0.2) is 52.9 Å². The van der Waals surface area contributed by atoms with Gasteiger partial charge < -0.3 is 24.1 Å². The SMILES string of the molecule is COc1cccc(OC)c1-n1c(NS(=O)(=O)[C@H](C)[C@@H](O)c2ccc(F)cc2CO)nnc1-c1ccc(C)o1. The van der Waals surface area contributed by atoms with Crippen LogP contribution in [0.5, 0.6) is 11.5 Å². The van der Waals surface area contributed by atoms with Crippen LogP contribution in [0.15, 0.2) is 52.9 Å². The normalized spacial score (nSPS) is 13.2. The zero-order chi connectivity index (χ0) is 27.6.